The standard InChI is InChI=1S/C14H18Cl2O2/c1-13(2)9-14(17,6-7-18-13)8-10-4-3-5-11(15)12(10)16/h3-5,17H,6-9H2,1-2H3. The Bertz CT molecular complexity index is 445. The van der Waals surface area contributed by atoms with E-state index >= 15 is 0 Å². The lowest BCUT2D eigenvalue weighted by molar-refractivity contribution is -0.143. The molecule has 0 aromatic heterocycles. The smallest absolute Gasteiger partial charge is 0.0737 e. The molecule has 0 spiro atoms. The molecule has 2 rings (SSSR count). The van der Waals surface area contributed by atoms with Crippen LogP contribution in [0.3, 0.4) is 0 Å². The van der Waals surface area contributed by atoms with Crippen molar-refractivity contribution < 1.29 is 9.84 Å². The highest BCUT2D eigenvalue weighted by Crippen LogP contribution is 2.36. The molecule has 1 aliphatic heterocycles. The van der Waals surface area contributed by atoms with Crippen molar-refractivity contribution >= 4 is 23.2 Å². The molecule has 2 nitrogen and oxygen atoms in total. The Morgan fingerprint density at radius 3 is 2.72 bits per heavy atom. The van der Waals surface area contributed by atoms with E-state index in [2.05, 4.69) is 0 Å². The highest BCUT2D eigenvalue weighted by molar-refractivity contribution is 6.42. The highest BCUT2D eigenvalue weighted by atomic mass is 35.5. The van der Waals surface area contributed by atoms with E-state index < -0.39 is 5.60 Å². The Morgan fingerprint density at radius 2 is 2.06 bits per heavy atom. The molecule has 1 aromatic rings. The zero-order chi connectivity index (χ0) is 13.4. The molecule has 4 heteroatoms. The van der Waals surface area contributed by atoms with Gasteiger partial charge in [0.15, 0.2) is 0 Å². The molecule has 1 aromatic carbocycles. The van der Waals surface area contributed by atoms with Crippen LogP contribution in [0.1, 0.15) is 32.3 Å². The molecular formula is C14H18Cl2O2. The van der Waals surface area contributed by atoms with E-state index in [4.69, 9.17) is 27.9 Å². The summed E-state index contributed by atoms with van der Waals surface area (Å²) in [6.45, 7) is 4.56. The van der Waals surface area contributed by atoms with E-state index in [0.29, 0.717) is 35.9 Å². The molecule has 1 atom stereocenters. The summed E-state index contributed by atoms with van der Waals surface area (Å²) in [5, 5.41) is 11.8. The van der Waals surface area contributed by atoms with Crippen LogP contribution >= 0.6 is 23.2 Å². The first kappa shape index (κ1) is 14.1. The maximum atomic E-state index is 10.7. The average molecular weight is 289 g/mol. The second-order valence-electron chi connectivity index (χ2n) is 5.65. The van der Waals surface area contributed by atoms with Gasteiger partial charge in [-0.3, -0.25) is 0 Å². The molecule has 1 N–H and O–H groups in total. The molecule has 0 aliphatic carbocycles. The van der Waals surface area contributed by atoms with Crippen molar-refractivity contribution in [2.45, 2.75) is 44.3 Å². The van der Waals surface area contributed by atoms with Crippen LogP contribution in [0.25, 0.3) is 0 Å². The van der Waals surface area contributed by atoms with Gasteiger partial charge in [0.05, 0.1) is 27.9 Å². The van der Waals surface area contributed by atoms with Gasteiger partial charge in [-0.2, -0.15) is 0 Å². The van der Waals surface area contributed by atoms with E-state index in [0.717, 1.165) is 5.56 Å². The van der Waals surface area contributed by atoms with Crippen LogP contribution in [-0.4, -0.2) is 22.9 Å². The maximum absolute atomic E-state index is 10.7. The average Bonchev–Trinajstić information content (AvgIpc) is 2.22. The Balaban J connectivity index is 2.20. The third-order valence-electron chi connectivity index (χ3n) is 3.37. The summed E-state index contributed by atoms with van der Waals surface area (Å²) in [6, 6.07) is 5.53. The van der Waals surface area contributed by atoms with Crippen LogP contribution in [0.2, 0.25) is 10.0 Å². The molecule has 1 unspecified atom stereocenters. The minimum Gasteiger partial charge on any atom is -0.389 e. The Labute approximate surface area is 118 Å². The molecule has 100 valence electrons. The van der Waals surface area contributed by atoms with Crippen molar-refractivity contribution in [3.63, 3.8) is 0 Å². The minimum absolute atomic E-state index is 0.294. The summed E-state index contributed by atoms with van der Waals surface area (Å²) >= 11 is 12.2. The summed E-state index contributed by atoms with van der Waals surface area (Å²) in [5.41, 5.74) is -0.168. The van der Waals surface area contributed by atoms with Gasteiger partial charge in [0.2, 0.25) is 0 Å². The first-order valence-electron chi connectivity index (χ1n) is 6.11. The first-order chi connectivity index (χ1) is 8.31. The van der Waals surface area contributed by atoms with Gasteiger partial charge >= 0.3 is 0 Å². The van der Waals surface area contributed by atoms with Crippen LogP contribution in [0.15, 0.2) is 18.2 Å². The topological polar surface area (TPSA) is 29.5 Å². The number of benzene rings is 1. The summed E-state index contributed by atoms with van der Waals surface area (Å²) < 4.78 is 5.63. The van der Waals surface area contributed by atoms with E-state index in [1.54, 1.807) is 6.07 Å². The molecule has 1 aliphatic rings. The van der Waals surface area contributed by atoms with E-state index in [1.807, 2.05) is 26.0 Å². The van der Waals surface area contributed by atoms with Crippen LogP contribution in [0, 0.1) is 0 Å². The predicted octanol–water partition coefficient (Wildman–Crippen LogP) is 3.86. The number of ether oxygens (including phenoxy) is 1. The first-order valence-corrected chi connectivity index (χ1v) is 6.86. The van der Waals surface area contributed by atoms with Crippen molar-refractivity contribution in [2.24, 2.45) is 0 Å². The summed E-state index contributed by atoms with van der Waals surface area (Å²) in [4.78, 5) is 0. The van der Waals surface area contributed by atoms with Gasteiger partial charge in [-0.1, -0.05) is 35.3 Å². The van der Waals surface area contributed by atoms with E-state index in [-0.39, 0.29) is 5.60 Å². The lowest BCUT2D eigenvalue weighted by Crippen LogP contribution is -2.47. The molecule has 18 heavy (non-hydrogen) atoms. The zero-order valence-electron chi connectivity index (χ0n) is 10.7. The number of rotatable bonds is 2. The number of aliphatic hydroxyl groups is 1. The summed E-state index contributed by atoms with van der Waals surface area (Å²) in [6.07, 6.45) is 1.74. The summed E-state index contributed by atoms with van der Waals surface area (Å²) in [7, 11) is 0. The molecule has 1 saturated heterocycles. The minimum atomic E-state index is -0.768. The molecule has 0 amide bonds. The number of halogens is 2. The fourth-order valence-electron chi connectivity index (χ4n) is 2.64. The molecule has 0 bridgehead atoms. The lowest BCUT2D eigenvalue weighted by Gasteiger charge is -2.41. The van der Waals surface area contributed by atoms with Gasteiger partial charge in [0.25, 0.3) is 0 Å². The van der Waals surface area contributed by atoms with Gasteiger partial charge in [-0.25, -0.2) is 0 Å². The van der Waals surface area contributed by atoms with Crippen LogP contribution in [0.5, 0.6) is 0 Å². The van der Waals surface area contributed by atoms with E-state index in [9.17, 15) is 5.11 Å². The predicted molar refractivity (Wildman–Crippen MR) is 74.4 cm³/mol. The van der Waals surface area contributed by atoms with Crippen LogP contribution < -0.4 is 0 Å². The molecule has 0 saturated carbocycles. The molecule has 0 radical (unpaired) electrons. The Hall–Kier alpha value is -0.280. The second-order valence-corrected chi connectivity index (χ2v) is 6.43. The van der Waals surface area contributed by atoms with Gasteiger partial charge < -0.3 is 9.84 Å². The monoisotopic (exact) mass is 288 g/mol. The highest BCUT2D eigenvalue weighted by Gasteiger charge is 2.39. The summed E-state index contributed by atoms with van der Waals surface area (Å²) in [5.74, 6) is 0. The lowest BCUT2D eigenvalue weighted by atomic mass is 9.80. The SMILES string of the molecule is CC1(C)CC(O)(Cc2cccc(Cl)c2Cl)CCO1. The van der Waals surface area contributed by atoms with Gasteiger partial charge in [0, 0.05) is 12.8 Å². The second kappa shape index (κ2) is 5.01. The quantitative estimate of drug-likeness (QED) is 0.896. The third kappa shape index (κ3) is 3.18. The normalized spacial score (nSPS) is 27.2. The number of hydrogen-bond donors (Lipinski definition) is 1. The van der Waals surface area contributed by atoms with E-state index in [1.165, 1.54) is 0 Å². The van der Waals surface area contributed by atoms with Crippen molar-refractivity contribution in [1.29, 1.82) is 0 Å². The van der Waals surface area contributed by atoms with Crippen molar-refractivity contribution in [3.8, 4) is 0 Å². The van der Waals surface area contributed by atoms with Crippen molar-refractivity contribution in [2.75, 3.05) is 6.61 Å². The van der Waals surface area contributed by atoms with Crippen LogP contribution in [-0.2, 0) is 11.2 Å². The van der Waals surface area contributed by atoms with Gasteiger partial charge in [-0.15, -0.1) is 0 Å². The van der Waals surface area contributed by atoms with Gasteiger partial charge in [-0.05, 0) is 31.9 Å². The Morgan fingerprint density at radius 1 is 1.33 bits per heavy atom. The molecule has 1 fully saturated rings. The Kier molecular flexibility index (Phi) is 3.93. The maximum Gasteiger partial charge on any atom is 0.0737 e. The van der Waals surface area contributed by atoms with Crippen LogP contribution in [0.4, 0.5) is 0 Å². The largest absolute Gasteiger partial charge is 0.389 e. The fourth-order valence-corrected chi connectivity index (χ4v) is 3.03. The fraction of sp³-hybridized carbons (Fsp3) is 0.571. The number of hydrogen-bond acceptors (Lipinski definition) is 2. The zero-order valence-corrected chi connectivity index (χ0v) is 12.2. The van der Waals surface area contributed by atoms with Crippen molar-refractivity contribution in [1.82, 2.24) is 0 Å². The third-order valence-corrected chi connectivity index (χ3v) is 4.22. The molecular weight excluding hydrogens is 271 g/mol. The van der Waals surface area contributed by atoms with Gasteiger partial charge in [0.1, 0.15) is 0 Å². The van der Waals surface area contributed by atoms with Crippen molar-refractivity contribution in [3.05, 3.63) is 33.8 Å². The molecule has 1 heterocycles.